The van der Waals surface area contributed by atoms with Gasteiger partial charge >= 0.3 is 0 Å². The third-order valence-electron chi connectivity index (χ3n) is 4.89. The van der Waals surface area contributed by atoms with Crippen LogP contribution in [0.1, 0.15) is 71.3 Å². The average molecular weight is 389 g/mol. The molecular formula is C24H36O4. The molecule has 0 radical (unpaired) electrons. The zero-order valence-electron chi connectivity index (χ0n) is 17.7. The molecule has 1 heterocycles. The molecule has 1 fully saturated rings. The SMILES string of the molecule is CCCCCCC(O)CCC#C[C@@H]1OC(C)(C)OC[C@@H]1OCc1ccccc1. The molecule has 1 aliphatic heterocycles. The Bertz CT molecular complexity index is 602. The van der Waals surface area contributed by atoms with Crippen LogP contribution in [-0.4, -0.2) is 35.8 Å². The Morgan fingerprint density at radius 1 is 1.18 bits per heavy atom. The zero-order chi connectivity index (χ0) is 20.2. The number of rotatable bonds is 10. The van der Waals surface area contributed by atoms with E-state index in [1.807, 2.05) is 44.2 Å². The van der Waals surface area contributed by atoms with Crippen LogP contribution in [-0.2, 0) is 20.8 Å². The van der Waals surface area contributed by atoms with Gasteiger partial charge in [-0.1, -0.05) is 68.9 Å². The Morgan fingerprint density at radius 2 is 1.96 bits per heavy atom. The number of hydrogen-bond acceptors (Lipinski definition) is 4. The summed E-state index contributed by atoms with van der Waals surface area (Å²) in [6, 6.07) is 10.1. The van der Waals surface area contributed by atoms with Crippen LogP contribution < -0.4 is 0 Å². The van der Waals surface area contributed by atoms with E-state index in [0.717, 1.165) is 18.4 Å². The summed E-state index contributed by atoms with van der Waals surface area (Å²) < 4.78 is 17.8. The highest BCUT2D eigenvalue weighted by Gasteiger charge is 2.36. The van der Waals surface area contributed by atoms with Crippen LogP contribution in [0.5, 0.6) is 0 Å². The van der Waals surface area contributed by atoms with Crippen molar-refractivity contribution in [3.8, 4) is 11.8 Å². The van der Waals surface area contributed by atoms with Crippen molar-refractivity contribution in [2.75, 3.05) is 6.61 Å². The Hall–Kier alpha value is -1.38. The zero-order valence-corrected chi connectivity index (χ0v) is 17.7. The molecule has 0 saturated carbocycles. The van der Waals surface area contributed by atoms with E-state index in [0.29, 0.717) is 26.1 Å². The Morgan fingerprint density at radius 3 is 2.71 bits per heavy atom. The number of ether oxygens (including phenoxy) is 3. The lowest BCUT2D eigenvalue weighted by Crippen LogP contribution is -2.49. The van der Waals surface area contributed by atoms with Crippen molar-refractivity contribution < 1.29 is 19.3 Å². The topological polar surface area (TPSA) is 47.9 Å². The van der Waals surface area contributed by atoms with Crippen LogP contribution in [0.2, 0.25) is 0 Å². The van der Waals surface area contributed by atoms with Gasteiger partial charge in [-0.3, -0.25) is 0 Å². The maximum Gasteiger partial charge on any atom is 0.164 e. The van der Waals surface area contributed by atoms with E-state index in [9.17, 15) is 5.11 Å². The maximum absolute atomic E-state index is 10.1. The minimum Gasteiger partial charge on any atom is -0.393 e. The molecule has 1 saturated heterocycles. The van der Waals surface area contributed by atoms with Crippen LogP contribution in [0.4, 0.5) is 0 Å². The summed E-state index contributed by atoms with van der Waals surface area (Å²) in [6.45, 7) is 6.96. The summed E-state index contributed by atoms with van der Waals surface area (Å²) >= 11 is 0. The summed E-state index contributed by atoms with van der Waals surface area (Å²) in [5.41, 5.74) is 1.12. The number of benzene rings is 1. The first-order valence-corrected chi connectivity index (χ1v) is 10.6. The Labute approximate surface area is 170 Å². The minimum absolute atomic E-state index is 0.223. The van der Waals surface area contributed by atoms with Crippen LogP contribution in [0.15, 0.2) is 30.3 Å². The largest absolute Gasteiger partial charge is 0.393 e. The summed E-state index contributed by atoms with van der Waals surface area (Å²) in [7, 11) is 0. The summed E-state index contributed by atoms with van der Waals surface area (Å²) in [5.74, 6) is 5.73. The van der Waals surface area contributed by atoms with Crippen molar-refractivity contribution in [2.24, 2.45) is 0 Å². The predicted molar refractivity (Wildman–Crippen MR) is 112 cm³/mol. The average Bonchev–Trinajstić information content (AvgIpc) is 2.68. The number of unbranched alkanes of at least 4 members (excludes halogenated alkanes) is 3. The maximum atomic E-state index is 10.1. The predicted octanol–water partition coefficient (Wildman–Crippen LogP) is 4.84. The van der Waals surface area contributed by atoms with Gasteiger partial charge in [-0.15, -0.1) is 5.92 Å². The molecule has 0 spiro atoms. The summed E-state index contributed by atoms with van der Waals surface area (Å²) in [4.78, 5) is 0. The van der Waals surface area contributed by atoms with Crippen LogP contribution >= 0.6 is 0 Å². The standard InChI is InChI=1S/C24H36O4/c1-4-5-6-10-15-21(25)16-11-12-17-22-23(19-27-24(2,3)28-22)26-18-20-13-8-7-9-14-20/h7-9,13-14,21-23,25H,4-6,10-11,15-16,18-19H2,1-3H3/t21?,22-,23-/m0/s1. The van der Waals surface area contributed by atoms with E-state index in [4.69, 9.17) is 14.2 Å². The van der Waals surface area contributed by atoms with E-state index in [1.165, 1.54) is 19.3 Å². The summed E-state index contributed by atoms with van der Waals surface area (Å²) in [6.07, 6.45) is 6.19. The van der Waals surface area contributed by atoms with E-state index in [-0.39, 0.29) is 18.3 Å². The fraction of sp³-hybridized carbons (Fsp3) is 0.667. The Balaban J connectivity index is 1.80. The molecule has 1 unspecified atom stereocenters. The van der Waals surface area contributed by atoms with Crippen molar-refractivity contribution >= 4 is 0 Å². The smallest absolute Gasteiger partial charge is 0.164 e. The molecule has 4 nitrogen and oxygen atoms in total. The second-order valence-corrected chi connectivity index (χ2v) is 7.95. The van der Waals surface area contributed by atoms with Gasteiger partial charge in [0.25, 0.3) is 0 Å². The number of aliphatic hydroxyl groups excluding tert-OH is 1. The molecular weight excluding hydrogens is 352 g/mol. The van der Waals surface area contributed by atoms with Gasteiger partial charge in [0.1, 0.15) is 12.2 Å². The van der Waals surface area contributed by atoms with Gasteiger partial charge < -0.3 is 19.3 Å². The van der Waals surface area contributed by atoms with Gasteiger partial charge in [0.15, 0.2) is 5.79 Å². The van der Waals surface area contributed by atoms with Crippen molar-refractivity contribution in [2.45, 2.75) is 96.4 Å². The molecule has 28 heavy (non-hydrogen) atoms. The van der Waals surface area contributed by atoms with Gasteiger partial charge in [-0.05, 0) is 32.3 Å². The Kier molecular flexibility index (Phi) is 10.0. The minimum atomic E-state index is -0.662. The molecule has 1 aromatic rings. The monoisotopic (exact) mass is 388 g/mol. The molecule has 0 bridgehead atoms. The third kappa shape index (κ3) is 8.75. The van der Waals surface area contributed by atoms with Gasteiger partial charge in [-0.2, -0.15) is 0 Å². The van der Waals surface area contributed by atoms with Gasteiger partial charge in [0.05, 0.1) is 19.3 Å². The van der Waals surface area contributed by atoms with Crippen molar-refractivity contribution in [1.82, 2.24) is 0 Å². The first kappa shape index (κ1) is 22.9. The fourth-order valence-electron chi connectivity index (χ4n) is 3.18. The highest BCUT2D eigenvalue weighted by Crippen LogP contribution is 2.24. The van der Waals surface area contributed by atoms with E-state index in [2.05, 4.69) is 18.8 Å². The van der Waals surface area contributed by atoms with Crippen molar-refractivity contribution in [3.05, 3.63) is 35.9 Å². The van der Waals surface area contributed by atoms with E-state index < -0.39 is 5.79 Å². The van der Waals surface area contributed by atoms with E-state index >= 15 is 0 Å². The normalized spacial score (nSPS) is 22.3. The molecule has 0 aliphatic carbocycles. The number of aliphatic hydroxyl groups is 1. The highest BCUT2D eigenvalue weighted by atomic mass is 16.7. The quantitative estimate of drug-likeness (QED) is 0.460. The van der Waals surface area contributed by atoms with Gasteiger partial charge in [-0.25, -0.2) is 0 Å². The molecule has 3 atom stereocenters. The molecule has 0 amide bonds. The molecule has 1 aromatic carbocycles. The third-order valence-corrected chi connectivity index (χ3v) is 4.89. The molecule has 1 N–H and O–H groups in total. The molecule has 156 valence electrons. The molecule has 1 aliphatic rings. The molecule has 0 aromatic heterocycles. The lowest BCUT2D eigenvalue weighted by Gasteiger charge is -2.38. The second-order valence-electron chi connectivity index (χ2n) is 7.95. The lowest BCUT2D eigenvalue weighted by atomic mass is 10.1. The van der Waals surface area contributed by atoms with Crippen LogP contribution in [0, 0.1) is 11.8 Å². The summed E-state index contributed by atoms with van der Waals surface area (Å²) in [5, 5.41) is 10.1. The van der Waals surface area contributed by atoms with Gasteiger partial charge in [0, 0.05) is 6.42 Å². The highest BCUT2D eigenvalue weighted by molar-refractivity contribution is 5.14. The second kappa shape index (κ2) is 12.2. The molecule has 2 rings (SSSR count). The first-order chi connectivity index (χ1) is 13.5. The first-order valence-electron chi connectivity index (χ1n) is 10.6. The van der Waals surface area contributed by atoms with Crippen LogP contribution in [0.3, 0.4) is 0 Å². The molecule has 4 heteroatoms. The lowest BCUT2D eigenvalue weighted by molar-refractivity contribution is -0.298. The van der Waals surface area contributed by atoms with E-state index in [1.54, 1.807) is 0 Å². The van der Waals surface area contributed by atoms with Crippen molar-refractivity contribution in [3.63, 3.8) is 0 Å². The van der Waals surface area contributed by atoms with Gasteiger partial charge in [0.2, 0.25) is 0 Å². The fourth-order valence-corrected chi connectivity index (χ4v) is 3.18. The van der Waals surface area contributed by atoms with Crippen LogP contribution in [0.25, 0.3) is 0 Å². The number of hydrogen-bond donors (Lipinski definition) is 1. The van der Waals surface area contributed by atoms with Crippen molar-refractivity contribution in [1.29, 1.82) is 0 Å².